The second-order valence-corrected chi connectivity index (χ2v) is 5.20. The fraction of sp³-hybridized carbons (Fsp3) is 0.294. The van der Waals surface area contributed by atoms with Gasteiger partial charge < -0.3 is 25.7 Å². The van der Waals surface area contributed by atoms with Crippen molar-refractivity contribution in [1.82, 2.24) is 0 Å². The summed E-state index contributed by atoms with van der Waals surface area (Å²) in [6.45, 7) is -0.0609. The van der Waals surface area contributed by atoms with Crippen molar-refractivity contribution >= 4 is 11.4 Å². The second-order valence-electron chi connectivity index (χ2n) is 5.20. The molecule has 0 aliphatic heterocycles. The molecule has 2 rings (SSSR count). The van der Waals surface area contributed by atoms with Gasteiger partial charge in [-0.25, -0.2) is 8.78 Å². The van der Waals surface area contributed by atoms with Crippen LogP contribution in [0.1, 0.15) is 6.92 Å². The zero-order chi connectivity index (χ0) is 19.3. The number of nitrogens with two attached hydrogens (primary N) is 2. The van der Waals surface area contributed by atoms with E-state index in [1.165, 1.54) is 37.3 Å². The third-order valence-electron chi connectivity index (χ3n) is 3.33. The van der Waals surface area contributed by atoms with Crippen molar-refractivity contribution in [3.8, 4) is 22.6 Å². The average Bonchev–Trinajstić information content (AvgIpc) is 2.56. The zero-order valence-corrected chi connectivity index (χ0v) is 13.8. The Morgan fingerprint density at radius 3 is 2.08 bits per heavy atom. The van der Waals surface area contributed by atoms with Gasteiger partial charge in [0, 0.05) is 41.2 Å². The number of hydrogen-bond donors (Lipinski definition) is 2. The number of hydrogen-bond acceptors (Lipinski definition) is 5. The number of benzene rings is 2. The Balaban J connectivity index is 2.49. The van der Waals surface area contributed by atoms with Crippen molar-refractivity contribution in [1.29, 1.82) is 0 Å². The molecular formula is C17H18F4N2O3. The summed E-state index contributed by atoms with van der Waals surface area (Å²) in [5.74, 6) is -0.419. The van der Waals surface area contributed by atoms with Crippen molar-refractivity contribution < 1.29 is 31.8 Å². The minimum Gasteiger partial charge on any atom is -0.462 e. The summed E-state index contributed by atoms with van der Waals surface area (Å²) in [4.78, 5) is 0. The molecule has 0 spiro atoms. The molecule has 142 valence electrons. The van der Waals surface area contributed by atoms with E-state index in [2.05, 4.69) is 9.47 Å². The molecule has 4 N–H and O–H groups in total. The molecule has 0 radical (unpaired) electrons. The van der Waals surface area contributed by atoms with Gasteiger partial charge in [-0.15, -0.1) is 0 Å². The van der Waals surface area contributed by atoms with Gasteiger partial charge in [0.05, 0.1) is 0 Å². The van der Waals surface area contributed by atoms with Gasteiger partial charge in [0.1, 0.15) is 11.5 Å². The Labute approximate surface area is 147 Å². The summed E-state index contributed by atoms with van der Waals surface area (Å²) in [7, 11) is 0. The van der Waals surface area contributed by atoms with Crippen LogP contribution in [-0.2, 0) is 4.74 Å². The summed E-state index contributed by atoms with van der Waals surface area (Å²) in [5, 5.41) is 0. The van der Waals surface area contributed by atoms with Gasteiger partial charge in [-0.05, 0) is 31.2 Å². The first-order valence-corrected chi connectivity index (χ1v) is 7.59. The summed E-state index contributed by atoms with van der Waals surface area (Å²) in [6, 6.07) is 8.11. The van der Waals surface area contributed by atoms with Gasteiger partial charge in [-0.2, -0.15) is 8.78 Å². The smallest absolute Gasteiger partial charge is 0.456 e. The van der Waals surface area contributed by atoms with Crippen LogP contribution in [0.25, 0.3) is 11.1 Å². The maximum absolute atomic E-state index is 14.0. The van der Waals surface area contributed by atoms with E-state index in [0.717, 1.165) is 6.07 Å². The maximum Gasteiger partial charge on any atom is 0.456 e. The van der Waals surface area contributed by atoms with E-state index in [9.17, 15) is 17.6 Å². The highest BCUT2D eigenvalue weighted by Gasteiger charge is 2.45. The molecule has 5 nitrogen and oxygen atoms in total. The summed E-state index contributed by atoms with van der Waals surface area (Å²) in [5.41, 5.74) is 11.9. The molecule has 26 heavy (non-hydrogen) atoms. The first kappa shape index (κ1) is 19.6. The first-order chi connectivity index (χ1) is 12.3. The lowest BCUT2D eigenvalue weighted by atomic mass is 10.0. The van der Waals surface area contributed by atoms with Crippen molar-refractivity contribution in [2.45, 2.75) is 19.4 Å². The van der Waals surface area contributed by atoms with Gasteiger partial charge in [0.25, 0.3) is 0 Å². The third kappa shape index (κ3) is 4.48. The van der Waals surface area contributed by atoms with Crippen molar-refractivity contribution in [3.05, 3.63) is 36.4 Å². The molecule has 0 saturated carbocycles. The second kappa shape index (κ2) is 8.13. The fourth-order valence-electron chi connectivity index (χ4n) is 2.22. The molecule has 0 heterocycles. The van der Waals surface area contributed by atoms with E-state index in [0.29, 0.717) is 0 Å². The SMILES string of the molecule is CCOC(F)C(F)(F)Oc1cc(N)ccc1-c1ccc(N)cc1OCF. The highest BCUT2D eigenvalue weighted by molar-refractivity contribution is 5.79. The van der Waals surface area contributed by atoms with E-state index in [1.54, 1.807) is 0 Å². The zero-order valence-electron chi connectivity index (χ0n) is 13.8. The van der Waals surface area contributed by atoms with E-state index in [4.69, 9.17) is 16.2 Å². The van der Waals surface area contributed by atoms with Crippen LogP contribution in [0.3, 0.4) is 0 Å². The van der Waals surface area contributed by atoms with Crippen LogP contribution in [0.5, 0.6) is 11.5 Å². The molecule has 0 saturated heterocycles. The number of anilines is 2. The van der Waals surface area contributed by atoms with Crippen molar-refractivity contribution in [2.75, 3.05) is 24.9 Å². The predicted octanol–water partition coefficient (Wildman–Crippen LogP) is 4.13. The van der Waals surface area contributed by atoms with Crippen LogP contribution < -0.4 is 20.9 Å². The Hall–Kier alpha value is -2.68. The Bertz CT molecular complexity index is 759. The average molecular weight is 374 g/mol. The minimum atomic E-state index is -4.27. The highest BCUT2D eigenvalue weighted by Crippen LogP contribution is 2.41. The number of ether oxygens (including phenoxy) is 3. The van der Waals surface area contributed by atoms with Crippen LogP contribution in [-0.4, -0.2) is 25.9 Å². The Morgan fingerprint density at radius 1 is 1.00 bits per heavy atom. The van der Waals surface area contributed by atoms with Crippen LogP contribution in [0.15, 0.2) is 36.4 Å². The Kier molecular flexibility index (Phi) is 6.14. The molecule has 2 aromatic carbocycles. The molecule has 0 aromatic heterocycles. The van der Waals surface area contributed by atoms with Gasteiger partial charge in [-0.1, -0.05) is 0 Å². The topological polar surface area (TPSA) is 79.7 Å². The lowest BCUT2D eigenvalue weighted by Crippen LogP contribution is -2.38. The number of nitrogen functional groups attached to an aromatic ring is 2. The molecule has 9 heteroatoms. The van der Waals surface area contributed by atoms with Gasteiger partial charge in [0.15, 0.2) is 0 Å². The largest absolute Gasteiger partial charge is 0.462 e. The molecular weight excluding hydrogens is 356 g/mol. The molecule has 2 aromatic rings. The number of rotatable bonds is 8. The van der Waals surface area contributed by atoms with Gasteiger partial charge in [-0.3, -0.25) is 0 Å². The normalized spacial score (nSPS) is 12.7. The van der Waals surface area contributed by atoms with E-state index in [-0.39, 0.29) is 34.9 Å². The van der Waals surface area contributed by atoms with Crippen molar-refractivity contribution in [2.24, 2.45) is 0 Å². The molecule has 0 amide bonds. The standard InChI is InChI=1S/C17H18F4N2O3/c1-2-24-16(19)17(20,21)26-15-8-11(23)4-6-13(15)12-5-3-10(22)7-14(12)25-9-18/h3-8,16H,2,9,22-23H2,1H3. The first-order valence-electron chi connectivity index (χ1n) is 7.59. The fourth-order valence-corrected chi connectivity index (χ4v) is 2.22. The van der Waals surface area contributed by atoms with Crippen molar-refractivity contribution in [3.63, 3.8) is 0 Å². The Morgan fingerprint density at radius 2 is 1.54 bits per heavy atom. The molecule has 0 aliphatic rings. The van der Waals surface area contributed by atoms with E-state index in [1.807, 2.05) is 0 Å². The van der Waals surface area contributed by atoms with E-state index < -0.39 is 25.1 Å². The summed E-state index contributed by atoms with van der Waals surface area (Å²) in [6.07, 6.45) is -7.25. The number of alkyl halides is 4. The van der Waals surface area contributed by atoms with Crippen LogP contribution in [0.2, 0.25) is 0 Å². The molecule has 0 fully saturated rings. The van der Waals surface area contributed by atoms with Crippen LogP contribution in [0, 0.1) is 0 Å². The number of halogens is 4. The van der Waals surface area contributed by atoms with Crippen LogP contribution >= 0.6 is 0 Å². The van der Waals surface area contributed by atoms with Gasteiger partial charge >= 0.3 is 12.5 Å². The molecule has 1 atom stereocenters. The van der Waals surface area contributed by atoms with Crippen LogP contribution in [0.4, 0.5) is 28.9 Å². The minimum absolute atomic E-state index is 0.00652. The summed E-state index contributed by atoms with van der Waals surface area (Å²) >= 11 is 0. The van der Waals surface area contributed by atoms with Gasteiger partial charge in [0.2, 0.25) is 6.86 Å². The summed E-state index contributed by atoms with van der Waals surface area (Å²) < 4.78 is 67.8. The lowest BCUT2D eigenvalue weighted by Gasteiger charge is -2.23. The molecule has 0 bridgehead atoms. The lowest BCUT2D eigenvalue weighted by molar-refractivity contribution is -0.289. The maximum atomic E-state index is 14.0. The predicted molar refractivity (Wildman–Crippen MR) is 89.4 cm³/mol. The highest BCUT2D eigenvalue weighted by atomic mass is 19.3. The third-order valence-corrected chi connectivity index (χ3v) is 3.33. The quantitative estimate of drug-likeness (QED) is 0.537. The molecule has 1 unspecified atom stereocenters. The van der Waals surface area contributed by atoms with E-state index >= 15 is 0 Å². The molecule has 0 aliphatic carbocycles. The monoisotopic (exact) mass is 374 g/mol.